The number of hydrogen-bond acceptors (Lipinski definition) is 3. The minimum absolute atomic E-state index is 0.195. The van der Waals surface area contributed by atoms with Gasteiger partial charge in [0, 0.05) is 12.5 Å². The van der Waals surface area contributed by atoms with E-state index in [0.717, 1.165) is 19.6 Å². The van der Waals surface area contributed by atoms with Crippen LogP contribution in [0.5, 0.6) is 0 Å². The van der Waals surface area contributed by atoms with Crippen LogP contribution in [0.2, 0.25) is 0 Å². The summed E-state index contributed by atoms with van der Waals surface area (Å²) in [5, 5.41) is 0. The highest BCUT2D eigenvalue weighted by Crippen LogP contribution is 2.30. The van der Waals surface area contributed by atoms with Gasteiger partial charge in [0.1, 0.15) is 0 Å². The highest BCUT2D eigenvalue weighted by Gasteiger charge is 2.26. The van der Waals surface area contributed by atoms with E-state index in [1.165, 1.54) is 11.1 Å². The van der Waals surface area contributed by atoms with Crippen LogP contribution in [0, 0.1) is 5.92 Å². The second-order valence-electron chi connectivity index (χ2n) is 6.14. The molecule has 0 spiro atoms. The first-order valence-corrected chi connectivity index (χ1v) is 6.66. The molecule has 0 radical (unpaired) electrons. The summed E-state index contributed by atoms with van der Waals surface area (Å²) in [6, 6.07) is 8.97. The minimum atomic E-state index is 0.195. The molecule has 1 aliphatic rings. The van der Waals surface area contributed by atoms with Crippen LogP contribution in [0.15, 0.2) is 24.3 Å². The van der Waals surface area contributed by atoms with Crippen LogP contribution in [-0.4, -0.2) is 13.2 Å². The first kappa shape index (κ1) is 13.5. The van der Waals surface area contributed by atoms with E-state index in [-0.39, 0.29) is 11.5 Å². The minimum Gasteiger partial charge on any atom is -0.381 e. The van der Waals surface area contributed by atoms with E-state index in [1.54, 1.807) is 0 Å². The number of nitrogens with one attached hydrogen (secondary N) is 1. The Morgan fingerprint density at radius 2 is 1.94 bits per heavy atom. The molecule has 3 N–H and O–H groups in total. The molecule has 0 amide bonds. The van der Waals surface area contributed by atoms with Crippen LogP contribution in [0.3, 0.4) is 0 Å². The van der Waals surface area contributed by atoms with Gasteiger partial charge < -0.3 is 4.74 Å². The molecule has 100 valence electrons. The van der Waals surface area contributed by atoms with Crippen molar-refractivity contribution in [2.75, 3.05) is 13.2 Å². The Morgan fingerprint density at radius 3 is 2.39 bits per heavy atom. The lowest BCUT2D eigenvalue weighted by molar-refractivity contribution is 0.177. The first-order chi connectivity index (χ1) is 8.52. The molecule has 18 heavy (non-hydrogen) atoms. The maximum absolute atomic E-state index is 5.70. The fraction of sp³-hybridized carbons (Fsp3) is 0.600. The number of hydrazine groups is 1. The summed E-state index contributed by atoms with van der Waals surface area (Å²) >= 11 is 0. The third-order valence-corrected chi connectivity index (χ3v) is 3.75. The molecule has 3 heteroatoms. The average Bonchev–Trinajstić information content (AvgIpc) is 2.83. The Kier molecular flexibility index (Phi) is 4.05. The third kappa shape index (κ3) is 2.91. The highest BCUT2D eigenvalue weighted by molar-refractivity contribution is 5.29. The van der Waals surface area contributed by atoms with Crippen LogP contribution in [0.4, 0.5) is 0 Å². The largest absolute Gasteiger partial charge is 0.381 e. The smallest absolute Gasteiger partial charge is 0.0513 e. The van der Waals surface area contributed by atoms with Gasteiger partial charge in [0.2, 0.25) is 0 Å². The van der Waals surface area contributed by atoms with Gasteiger partial charge in [-0.1, -0.05) is 45.0 Å². The number of nitrogens with two attached hydrogens (primary N) is 1. The predicted molar refractivity (Wildman–Crippen MR) is 74.1 cm³/mol. The number of rotatable bonds is 3. The Labute approximate surface area is 110 Å². The van der Waals surface area contributed by atoms with Gasteiger partial charge in [-0.15, -0.1) is 0 Å². The fourth-order valence-electron chi connectivity index (χ4n) is 2.51. The summed E-state index contributed by atoms with van der Waals surface area (Å²) in [5.74, 6) is 6.18. The first-order valence-electron chi connectivity index (χ1n) is 6.66. The van der Waals surface area contributed by atoms with E-state index in [0.29, 0.717) is 5.92 Å². The SMILES string of the molecule is CC(C)(C)c1ccc(C(NN)C2CCOC2)cc1. The van der Waals surface area contributed by atoms with Crippen molar-refractivity contribution in [2.45, 2.75) is 38.6 Å². The lowest BCUT2D eigenvalue weighted by Gasteiger charge is -2.24. The van der Waals surface area contributed by atoms with E-state index >= 15 is 0 Å². The van der Waals surface area contributed by atoms with Crippen molar-refractivity contribution in [3.63, 3.8) is 0 Å². The maximum atomic E-state index is 5.70. The van der Waals surface area contributed by atoms with Crippen molar-refractivity contribution < 1.29 is 4.74 Å². The Hall–Kier alpha value is -0.900. The van der Waals surface area contributed by atoms with Crippen LogP contribution >= 0.6 is 0 Å². The zero-order chi connectivity index (χ0) is 13.2. The predicted octanol–water partition coefficient (Wildman–Crippen LogP) is 2.53. The molecule has 0 aromatic heterocycles. The van der Waals surface area contributed by atoms with E-state index in [2.05, 4.69) is 50.5 Å². The van der Waals surface area contributed by atoms with Crippen LogP contribution in [0.1, 0.15) is 44.4 Å². The van der Waals surface area contributed by atoms with Gasteiger partial charge in [-0.3, -0.25) is 11.3 Å². The van der Waals surface area contributed by atoms with Crippen LogP contribution in [0.25, 0.3) is 0 Å². The Bertz CT molecular complexity index is 374. The average molecular weight is 248 g/mol. The van der Waals surface area contributed by atoms with Gasteiger partial charge >= 0.3 is 0 Å². The van der Waals surface area contributed by atoms with Crippen molar-refractivity contribution in [1.29, 1.82) is 0 Å². The zero-order valence-corrected chi connectivity index (χ0v) is 11.6. The monoisotopic (exact) mass is 248 g/mol. The number of ether oxygens (including phenoxy) is 1. The molecular weight excluding hydrogens is 224 g/mol. The lowest BCUT2D eigenvalue weighted by Crippen LogP contribution is -2.33. The molecule has 0 saturated carbocycles. The normalized spacial score (nSPS) is 22.1. The van der Waals surface area contributed by atoms with Gasteiger partial charge in [-0.25, -0.2) is 0 Å². The van der Waals surface area contributed by atoms with Crippen LogP contribution in [-0.2, 0) is 10.2 Å². The Morgan fingerprint density at radius 1 is 1.28 bits per heavy atom. The molecule has 2 rings (SSSR count). The summed E-state index contributed by atoms with van der Waals surface area (Å²) in [7, 11) is 0. The van der Waals surface area contributed by atoms with Crippen molar-refractivity contribution in [3.05, 3.63) is 35.4 Å². The second kappa shape index (κ2) is 5.39. The molecule has 1 aliphatic heterocycles. The lowest BCUT2D eigenvalue weighted by atomic mass is 9.85. The van der Waals surface area contributed by atoms with Gasteiger partial charge in [-0.2, -0.15) is 0 Å². The molecule has 3 nitrogen and oxygen atoms in total. The van der Waals surface area contributed by atoms with Crippen LogP contribution < -0.4 is 11.3 Å². The molecule has 2 unspecified atom stereocenters. The molecular formula is C15H24N2O. The molecule has 1 aromatic carbocycles. The second-order valence-corrected chi connectivity index (χ2v) is 6.14. The van der Waals surface area contributed by atoms with Gasteiger partial charge in [0.15, 0.2) is 0 Å². The molecule has 1 fully saturated rings. The number of benzene rings is 1. The Balaban J connectivity index is 2.16. The number of hydrogen-bond donors (Lipinski definition) is 2. The maximum Gasteiger partial charge on any atom is 0.0513 e. The summed E-state index contributed by atoms with van der Waals surface area (Å²) in [6.45, 7) is 8.33. The van der Waals surface area contributed by atoms with E-state index in [1.807, 2.05) is 0 Å². The molecule has 1 saturated heterocycles. The van der Waals surface area contributed by atoms with Gasteiger partial charge in [0.25, 0.3) is 0 Å². The topological polar surface area (TPSA) is 47.3 Å². The van der Waals surface area contributed by atoms with Crippen molar-refractivity contribution in [3.8, 4) is 0 Å². The molecule has 0 bridgehead atoms. The van der Waals surface area contributed by atoms with E-state index < -0.39 is 0 Å². The summed E-state index contributed by atoms with van der Waals surface area (Å²) in [5.41, 5.74) is 5.74. The summed E-state index contributed by atoms with van der Waals surface area (Å²) in [4.78, 5) is 0. The van der Waals surface area contributed by atoms with E-state index in [9.17, 15) is 0 Å². The van der Waals surface area contributed by atoms with Crippen molar-refractivity contribution in [1.82, 2.24) is 5.43 Å². The quantitative estimate of drug-likeness (QED) is 0.638. The van der Waals surface area contributed by atoms with Gasteiger partial charge in [-0.05, 0) is 23.0 Å². The van der Waals surface area contributed by atoms with Crippen molar-refractivity contribution >= 4 is 0 Å². The molecule has 1 aromatic rings. The third-order valence-electron chi connectivity index (χ3n) is 3.75. The summed E-state index contributed by atoms with van der Waals surface area (Å²) in [6.07, 6.45) is 1.08. The summed E-state index contributed by atoms with van der Waals surface area (Å²) < 4.78 is 5.44. The fourth-order valence-corrected chi connectivity index (χ4v) is 2.51. The zero-order valence-electron chi connectivity index (χ0n) is 11.6. The van der Waals surface area contributed by atoms with Gasteiger partial charge in [0.05, 0.1) is 12.6 Å². The molecule has 0 aliphatic carbocycles. The molecule has 1 heterocycles. The van der Waals surface area contributed by atoms with Crippen molar-refractivity contribution in [2.24, 2.45) is 11.8 Å². The highest BCUT2D eigenvalue weighted by atomic mass is 16.5. The molecule has 2 atom stereocenters. The van der Waals surface area contributed by atoms with E-state index in [4.69, 9.17) is 10.6 Å². The standard InChI is InChI=1S/C15H24N2O/c1-15(2,3)13-6-4-11(5-7-13)14(17-16)12-8-9-18-10-12/h4-7,12,14,17H,8-10,16H2,1-3H3.